The van der Waals surface area contributed by atoms with Gasteiger partial charge < -0.3 is 14.2 Å². The second kappa shape index (κ2) is 69.6. The van der Waals surface area contributed by atoms with Crippen molar-refractivity contribution < 1.29 is 28.6 Å². The van der Waals surface area contributed by atoms with Crippen LogP contribution in [0.3, 0.4) is 0 Å². The highest BCUT2D eigenvalue weighted by molar-refractivity contribution is 5.71. The lowest BCUT2D eigenvalue weighted by Crippen LogP contribution is -2.30. The molecule has 1 unspecified atom stereocenters. The van der Waals surface area contributed by atoms with Crippen molar-refractivity contribution in [3.8, 4) is 0 Å². The van der Waals surface area contributed by atoms with E-state index in [9.17, 15) is 14.4 Å². The van der Waals surface area contributed by atoms with Gasteiger partial charge in [0.25, 0.3) is 0 Å². The minimum atomic E-state index is -0.781. The number of carbonyl (C=O) groups excluding carboxylic acids is 3. The van der Waals surface area contributed by atoms with Gasteiger partial charge in [-0.25, -0.2) is 0 Å². The molecule has 0 N–H and O–H groups in total. The van der Waals surface area contributed by atoms with Crippen molar-refractivity contribution in [2.75, 3.05) is 13.2 Å². The summed E-state index contributed by atoms with van der Waals surface area (Å²) in [4.78, 5) is 38.5. The minimum Gasteiger partial charge on any atom is -0.462 e. The second-order valence-electron chi connectivity index (χ2n) is 24.1. The lowest BCUT2D eigenvalue weighted by atomic mass is 10.0. The predicted octanol–water partition coefficient (Wildman–Crippen LogP) is 24.7. The van der Waals surface area contributed by atoms with Gasteiger partial charge >= 0.3 is 17.9 Å². The van der Waals surface area contributed by atoms with Crippen molar-refractivity contribution in [1.82, 2.24) is 0 Å². The van der Waals surface area contributed by atoms with Crippen LogP contribution in [0.1, 0.15) is 380 Å². The lowest BCUT2D eigenvalue weighted by molar-refractivity contribution is -0.167. The molecule has 0 radical (unpaired) electrons. The topological polar surface area (TPSA) is 78.9 Å². The molecule has 0 aliphatic rings. The molecule has 0 aromatic rings. The average molecular weight is 1130 g/mol. The van der Waals surface area contributed by atoms with E-state index < -0.39 is 6.10 Å². The zero-order valence-electron chi connectivity index (χ0n) is 54.3. The van der Waals surface area contributed by atoms with Crippen LogP contribution < -0.4 is 0 Å². The van der Waals surface area contributed by atoms with Crippen LogP contribution in [0.15, 0.2) is 60.8 Å². The molecular weight excluding hydrogens is 997 g/mol. The van der Waals surface area contributed by atoms with Gasteiger partial charge in [0.2, 0.25) is 0 Å². The van der Waals surface area contributed by atoms with Crippen molar-refractivity contribution >= 4 is 17.9 Å². The first-order valence-electron chi connectivity index (χ1n) is 35.8. The molecule has 0 rings (SSSR count). The molecule has 6 nitrogen and oxygen atoms in total. The number of unbranched alkanes of at least 4 members (excludes halogenated alkanes) is 45. The molecule has 0 saturated carbocycles. The number of esters is 3. The summed E-state index contributed by atoms with van der Waals surface area (Å²) in [6.07, 6.45) is 89.5. The Balaban J connectivity index is 4.35. The molecule has 0 bridgehead atoms. The highest BCUT2D eigenvalue weighted by Crippen LogP contribution is 2.17. The summed E-state index contributed by atoms with van der Waals surface area (Å²) in [5.74, 6) is -0.865. The zero-order chi connectivity index (χ0) is 58.5. The van der Waals surface area contributed by atoms with E-state index in [1.54, 1.807) is 0 Å². The molecule has 472 valence electrons. The first-order chi connectivity index (χ1) is 40.0. The van der Waals surface area contributed by atoms with E-state index in [0.29, 0.717) is 19.3 Å². The maximum atomic E-state index is 13.0. The third kappa shape index (κ3) is 67.8. The van der Waals surface area contributed by atoms with Gasteiger partial charge in [-0.3, -0.25) is 14.4 Å². The molecule has 0 aromatic heterocycles. The number of hydrogen-bond donors (Lipinski definition) is 0. The van der Waals surface area contributed by atoms with Gasteiger partial charge in [-0.15, -0.1) is 0 Å². The molecule has 0 spiro atoms. The van der Waals surface area contributed by atoms with E-state index in [-0.39, 0.29) is 31.1 Å². The highest BCUT2D eigenvalue weighted by Gasteiger charge is 2.19. The van der Waals surface area contributed by atoms with Crippen LogP contribution in [0.2, 0.25) is 0 Å². The van der Waals surface area contributed by atoms with Gasteiger partial charge in [0.1, 0.15) is 13.2 Å². The van der Waals surface area contributed by atoms with Crippen LogP contribution in [0.25, 0.3) is 0 Å². The van der Waals surface area contributed by atoms with Crippen LogP contribution in [-0.4, -0.2) is 37.2 Å². The third-order valence-electron chi connectivity index (χ3n) is 16.0. The van der Waals surface area contributed by atoms with Crippen molar-refractivity contribution in [2.24, 2.45) is 0 Å². The molecule has 6 heteroatoms. The molecule has 0 fully saturated rings. The van der Waals surface area contributed by atoms with E-state index >= 15 is 0 Å². The molecule has 0 heterocycles. The normalized spacial score (nSPS) is 12.4. The molecule has 0 aliphatic carbocycles. The van der Waals surface area contributed by atoms with Gasteiger partial charge in [0, 0.05) is 19.3 Å². The van der Waals surface area contributed by atoms with Crippen LogP contribution in [0.5, 0.6) is 0 Å². The van der Waals surface area contributed by atoms with E-state index in [1.165, 1.54) is 263 Å². The fourth-order valence-electron chi connectivity index (χ4n) is 10.6. The Labute approximate surface area is 504 Å². The summed E-state index contributed by atoms with van der Waals surface area (Å²) in [7, 11) is 0. The SMILES string of the molecule is CCCCCCC/C=C\C/C=C\C/C=C\CCCCCCCCCCC(=O)OCC(COC(=O)CCCCCCCCC/C=C\CCCCCCCC)OC(=O)CCCCCCCCCCCCC/C=C\CCCCCCCCCC. The van der Waals surface area contributed by atoms with Crippen LogP contribution in [0, 0.1) is 0 Å². The number of carbonyl (C=O) groups is 3. The average Bonchev–Trinajstić information content (AvgIpc) is 3.47. The minimum absolute atomic E-state index is 0.0766. The predicted molar refractivity (Wildman–Crippen MR) is 353 cm³/mol. The van der Waals surface area contributed by atoms with E-state index in [0.717, 1.165) is 77.0 Å². The Hall–Kier alpha value is -2.89. The number of rotatable bonds is 66. The Morgan fingerprint density at radius 1 is 0.247 bits per heavy atom. The third-order valence-corrected chi connectivity index (χ3v) is 16.0. The number of ether oxygens (including phenoxy) is 3. The Kier molecular flexibility index (Phi) is 67.1. The molecule has 0 amide bonds. The summed E-state index contributed by atoms with van der Waals surface area (Å²) in [6.45, 7) is 6.68. The summed E-state index contributed by atoms with van der Waals surface area (Å²) in [6, 6.07) is 0. The Morgan fingerprint density at radius 3 is 0.704 bits per heavy atom. The van der Waals surface area contributed by atoms with Crippen LogP contribution in [0.4, 0.5) is 0 Å². The highest BCUT2D eigenvalue weighted by atomic mass is 16.6. The van der Waals surface area contributed by atoms with Crippen molar-refractivity contribution in [3.63, 3.8) is 0 Å². The molecule has 1 atom stereocenters. The maximum Gasteiger partial charge on any atom is 0.306 e. The van der Waals surface area contributed by atoms with Gasteiger partial charge in [-0.2, -0.15) is 0 Å². The van der Waals surface area contributed by atoms with Crippen molar-refractivity contribution in [1.29, 1.82) is 0 Å². The smallest absolute Gasteiger partial charge is 0.306 e. The van der Waals surface area contributed by atoms with Gasteiger partial charge in [0.05, 0.1) is 0 Å². The number of allylic oxidation sites excluding steroid dienone is 10. The van der Waals surface area contributed by atoms with Crippen LogP contribution in [-0.2, 0) is 28.6 Å². The van der Waals surface area contributed by atoms with Crippen LogP contribution >= 0.6 is 0 Å². The van der Waals surface area contributed by atoms with Gasteiger partial charge in [0.15, 0.2) is 6.10 Å². The van der Waals surface area contributed by atoms with Gasteiger partial charge in [-0.1, -0.05) is 313 Å². The Morgan fingerprint density at radius 2 is 0.444 bits per heavy atom. The quantitative estimate of drug-likeness (QED) is 0.0261. The monoisotopic (exact) mass is 1130 g/mol. The largest absolute Gasteiger partial charge is 0.462 e. The molecular formula is C75H136O6. The maximum absolute atomic E-state index is 13.0. The first-order valence-corrected chi connectivity index (χ1v) is 35.8. The molecule has 0 saturated heterocycles. The van der Waals surface area contributed by atoms with Crippen molar-refractivity contribution in [2.45, 2.75) is 386 Å². The second-order valence-corrected chi connectivity index (χ2v) is 24.1. The number of hydrogen-bond acceptors (Lipinski definition) is 6. The molecule has 0 aromatic carbocycles. The van der Waals surface area contributed by atoms with E-state index in [2.05, 4.69) is 81.5 Å². The Bertz CT molecular complexity index is 1440. The molecule has 0 aliphatic heterocycles. The van der Waals surface area contributed by atoms with E-state index in [4.69, 9.17) is 14.2 Å². The zero-order valence-corrected chi connectivity index (χ0v) is 54.3. The summed E-state index contributed by atoms with van der Waals surface area (Å²) < 4.78 is 17.0. The van der Waals surface area contributed by atoms with E-state index in [1.807, 2.05) is 0 Å². The first kappa shape index (κ1) is 78.1. The summed E-state index contributed by atoms with van der Waals surface area (Å²) in [5, 5.41) is 0. The fraction of sp³-hybridized carbons (Fsp3) is 0.827. The lowest BCUT2D eigenvalue weighted by Gasteiger charge is -2.18. The van der Waals surface area contributed by atoms with Crippen molar-refractivity contribution in [3.05, 3.63) is 60.8 Å². The fourth-order valence-corrected chi connectivity index (χ4v) is 10.6. The van der Waals surface area contributed by atoms with Gasteiger partial charge in [-0.05, 0) is 109 Å². The summed E-state index contributed by atoms with van der Waals surface area (Å²) >= 11 is 0. The molecule has 81 heavy (non-hydrogen) atoms. The summed E-state index contributed by atoms with van der Waals surface area (Å²) in [5.41, 5.74) is 0. The standard InChI is InChI=1S/C75H136O6/c1-4-7-10-13-16-19-22-25-28-31-33-35-37-39-41-44-47-50-53-56-59-62-65-68-74(77)80-71-72(70-79-73(76)67-64-61-58-55-52-49-46-43-30-27-24-21-18-15-12-9-6-3)81-75(78)69-66-63-60-57-54-51-48-45-42-40-38-36-34-32-29-26-23-20-17-14-11-8-5-2/h22,25,27,30-34,37,39,72H,4-21,23-24,26,28-29,35-36,38,40-71H2,1-3H3/b25-22-,30-27-,33-31-,34-32-,39-37-.